The Kier molecular flexibility index (Phi) is 8.84. The van der Waals surface area contributed by atoms with Crippen molar-refractivity contribution in [1.82, 2.24) is 10.2 Å². The zero-order valence-electron chi connectivity index (χ0n) is 19.2. The molecule has 2 aromatic carbocycles. The summed E-state index contributed by atoms with van der Waals surface area (Å²) in [6.45, 7) is 1.32. The normalized spacial score (nSPS) is 15.1. The van der Waals surface area contributed by atoms with Crippen molar-refractivity contribution < 1.29 is 18.0 Å². The lowest BCUT2D eigenvalue weighted by atomic mass is 10.1. The number of sulfonamides is 1. The van der Waals surface area contributed by atoms with Crippen molar-refractivity contribution >= 4 is 50.7 Å². The molecule has 7 nitrogen and oxygen atoms in total. The largest absolute Gasteiger partial charge is 0.352 e. The summed E-state index contributed by atoms with van der Waals surface area (Å²) < 4.78 is 26.1. The lowest BCUT2D eigenvalue weighted by Gasteiger charge is -2.32. The minimum atomic E-state index is -3.80. The molecule has 2 amide bonds. The maximum absolute atomic E-state index is 13.5. The molecule has 1 aliphatic rings. The summed E-state index contributed by atoms with van der Waals surface area (Å²) in [7, 11) is -3.80. The molecule has 0 heterocycles. The second-order valence-corrected chi connectivity index (χ2v) is 11.3. The van der Waals surface area contributed by atoms with Gasteiger partial charge in [-0.1, -0.05) is 54.2 Å². The van der Waals surface area contributed by atoms with Crippen molar-refractivity contribution in [3.8, 4) is 0 Å². The van der Waals surface area contributed by atoms with E-state index < -0.39 is 28.5 Å². The van der Waals surface area contributed by atoms with E-state index in [1.165, 1.54) is 11.0 Å². The number of rotatable bonds is 9. The van der Waals surface area contributed by atoms with Gasteiger partial charge >= 0.3 is 0 Å². The molecule has 0 spiro atoms. The number of halogens is 2. The van der Waals surface area contributed by atoms with E-state index in [-0.39, 0.29) is 24.2 Å². The van der Waals surface area contributed by atoms with Crippen LogP contribution in [0.4, 0.5) is 5.69 Å². The third-order valence-electron chi connectivity index (χ3n) is 5.91. The summed E-state index contributed by atoms with van der Waals surface area (Å²) >= 11 is 12.0. The number of carbonyl (C=O) groups is 2. The van der Waals surface area contributed by atoms with Crippen LogP contribution < -0.4 is 9.62 Å². The topological polar surface area (TPSA) is 86.8 Å². The molecule has 2 aromatic rings. The Morgan fingerprint density at radius 1 is 1.06 bits per heavy atom. The number of benzene rings is 2. The molecular weight excluding hydrogens is 497 g/mol. The summed E-state index contributed by atoms with van der Waals surface area (Å²) in [6, 6.07) is 12.5. The first-order chi connectivity index (χ1) is 16.0. The lowest BCUT2D eigenvalue weighted by molar-refractivity contribution is -0.139. The van der Waals surface area contributed by atoms with Gasteiger partial charge in [-0.3, -0.25) is 13.9 Å². The van der Waals surface area contributed by atoms with E-state index in [1.54, 1.807) is 49.4 Å². The minimum absolute atomic E-state index is 0.0985. The first-order valence-corrected chi connectivity index (χ1v) is 13.7. The number of hydrogen-bond acceptors (Lipinski definition) is 4. The zero-order chi connectivity index (χ0) is 24.9. The second-order valence-electron chi connectivity index (χ2n) is 8.56. The highest BCUT2D eigenvalue weighted by molar-refractivity contribution is 7.92. The molecule has 0 radical (unpaired) electrons. The fraction of sp³-hybridized carbons (Fsp3) is 0.417. The number of amides is 2. The maximum Gasteiger partial charge on any atom is 0.244 e. The Bertz CT molecular complexity index is 1120. The molecule has 10 heteroatoms. The molecule has 34 heavy (non-hydrogen) atoms. The van der Waals surface area contributed by atoms with E-state index in [1.807, 2.05) is 0 Å². The third kappa shape index (κ3) is 7.10. The van der Waals surface area contributed by atoms with Crippen LogP contribution in [0.1, 0.15) is 38.2 Å². The van der Waals surface area contributed by atoms with E-state index in [4.69, 9.17) is 23.2 Å². The van der Waals surface area contributed by atoms with Gasteiger partial charge in [-0.25, -0.2) is 8.42 Å². The highest BCUT2D eigenvalue weighted by Gasteiger charge is 2.31. The average Bonchev–Trinajstić information content (AvgIpc) is 3.28. The van der Waals surface area contributed by atoms with Gasteiger partial charge in [0.05, 0.1) is 11.9 Å². The summed E-state index contributed by atoms with van der Waals surface area (Å²) in [5.41, 5.74) is 1.05. The van der Waals surface area contributed by atoms with Gasteiger partial charge in [-0.15, -0.1) is 0 Å². The van der Waals surface area contributed by atoms with Crippen molar-refractivity contribution in [2.45, 2.75) is 51.2 Å². The average molecular weight is 526 g/mol. The quantitative estimate of drug-likeness (QED) is 0.530. The molecule has 0 aliphatic heterocycles. The SMILES string of the molecule is CC(C(=O)NC1CCCC1)N(Cc1ccc(Cl)cc1)C(=O)CN(c1cccc(Cl)c1)S(C)(=O)=O. The Morgan fingerprint density at radius 2 is 1.71 bits per heavy atom. The lowest BCUT2D eigenvalue weighted by Crippen LogP contribution is -2.52. The van der Waals surface area contributed by atoms with Gasteiger partial charge in [0, 0.05) is 22.6 Å². The van der Waals surface area contributed by atoms with Crippen molar-refractivity contribution in [1.29, 1.82) is 0 Å². The highest BCUT2D eigenvalue weighted by Crippen LogP contribution is 2.23. The van der Waals surface area contributed by atoms with Crippen LogP contribution >= 0.6 is 23.2 Å². The zero-order valence-corrected chi connectivity index (χ0v) is 21.5. The standard InChI is InChI=1S/C24H29Cl2N3O4S/c1-17(24(31)27-21-7-3-4-8-21)28(15-18-10-12-19(25)13-11-18)23(30)16-29(34(2,32)33)22-9-5-6-20(26)14-22/h5-6,9-14,17,21H,3-4,7-8,15-16H2,1-2H3,(H,27,31). The minimum Gasteiger partial charge on any atom is -0.352 e. The van der Waals surface area contributed by atoms with Gasteiger partial charge in [0.15, 0.2) is 0 Å². The van der Waals surface area contributed by atoms with E-state index in [9.17, 15) is 18.0 Å². The number of hydrogen-bond donors (Lipinski definition) is 1. The van der Waals surface area contributed by atoms with Gasteiger partial charge < -0.3 is 10.2 Å². The number of nitrogens with zero attached hydrogens (tertiary/aromatic N) is 2. The van der Waals surface area contributed by atoms with Gasteiger partial charge in [-0.2, -0.15) is 0 Å². The highest BCUT2D eigenvalue weighted by atomic mass is 35.5. The molecular formula is C24H29Cl2N3O4S. The van der Waals surface area contributed by atoms with E-state index >= 15 is 0 Å². The molecule has 1 saturated carbocycles. The summed E-state index contributed by atoms with van der Waals surface area (Å²) in [4.78, 5) is 27.9. The third-order valence-corrected chi connectivity index (χ3v) is 7.54. The van der Waals surface area contributed by atoms with Crippen molar-refractivity contribution in [3.63, 3.8) is 0 Å². The molecule has 3 rings (SSSR count). The van der Waals surface area contributed by atoms with Crippen LogP contribution in [0.2, 0.25) is 10.0 Å². The number of anilines is 1. The molecule has 1 unspecified atom stereocenters. The predicted molar refractivity (Wildman–Crippen MR) is 136 cm³/mol. The first-order valence-electron chi connectivity index (χ1n) is 11.1. The first kappa shape index (κ1) is 26.3. The van der Waals surface area contributed by atoms with Crippen LogP contribution in [-0.4, -0.2) is 50.0 Å². The van der Waals surface area contributed by atoms with Crippen LogP contribution in [0, 0.1) is 0 Å². The summed E-state index contributed by atoms with van der Waals surface area (Å²) in [5, 5.41) is 3.93. The number of carbonyl (C=O) groups excluding carboxylic acids is 2. The fourth-order valence-electron chi connectivity index (χ4n) is 4.01. The summed E-state index contributed by atoms with van der Waals surface area (Å²) in [5.74, 6) is -0.766. The number of nitrogens with one attached hydrogen (secondary N) is 1. The maximum atomic E-state index is 13.5. The van der Waals surface area contributed by atoms with Crippen LogP contribution in [0.25, 0.3) is 0 Å². The van der Waals surface area contributed by atoms with Crippen molar-refractivity contribution in [3.05, 3.63) is 64.1 Å². The van der Waals surface area contributed by atoms with Crippen LogP contribution in [-0.2, 0) is 26.2 Å². The molecule has 1 atom stereocenters. The van der Waals surface area contributed by atoms with Gasteiger partial charge in [0.1, 0.15) is 12.6 Å². The molecule has 1 N–H and O–H groups in total. The van der Waals surface area contributed by atoms with Crippen LogP contribution in [0.15, 0.2) is 48.5 Å². The van der Waals surface area contributed by atoms with Crippen LogP contribution in [0.3, 0.4) is 0 Å². The second kappa shape index (κ2) is 11.4. The molecule has 1 aliphatic carbocycles. The van der Waals surface area contributed by atoms with Crippen molar-refractivity contribution in [2.75, 3.05) is 17.1 Å². The Hall–Kier alpha value is -2.29. The molecule has 0 aromatic heterocycles. The monoisotopic (exact) mass is 525 g/mol. The van der Waals surface area contributed by atoms with Gasteiger partial charge in [0.2, 0.25) is 21.8 Å². The van der Waals surface area contributed by atoms with E-state index in [0.717, 1.165) is 41.8 Å². The van der Waals surface area contributed by atoms with Crippen molar-refractivity contribution in [2.24, 2.45) is 0 Å². The molecule has 1 fully saturated rings. The van der Waals surface area contributed by atoms with Crippen LogP contribution in [0.5, 0.6) is 0 Å². The van der Waals surface area contributed by atoms with E-state index in [0.29, 0.717) is 10.0 Å². The summed E-state index contributed by atoms with van der Waals surface area (Å²) in [6.07, 6.45) is 4.99. The van der Waals surface area contributed by atoms with Gasteiger partial charge in [0.25, 0.3) is 0 Å². The fourth-order valence-corrected chi connectivity index (χ4v) is 5.16. The van der Waals surface area contributed by atoms with E-state index in [2.05, 4.69) is 5.32 Å². The molecule has 184 valence electrons. The molecule has 0 bridgehead atoms. The Labute approximate surface area is 211 Å². The smallest absolute Gasteiger partial charge is 0.244 e. The predicted octanol–water partition coefficient (Wildman–Crippen LogP) is 4.24. The molecule has 0 saturated heterocycles. The van der Waals surface area contributed by atoms with Gasteiger partial charge in [-0.05, 0) is 55.7 Å². The Morgan fingerprint density at radius 3 is 2.29 bits per heavy atom. The Balaban J connectivity index is 1.87.